The first kappa shape index (κ1) is 14.2. The highest BCUT2D eigenvalue weighted by atomic mass is 35.5. The van der Waals surface area contributed by atoms with E-state index in [1.807, 2.05) is 0 Å². The molecule has 0 saturated carbocycles. The van der Waals surface area contributed by atoms with Gasteiger partial charge in [-0.2, -0.15) is 0 Å². The number of hydrogen-bond donors (Lipinski definition) is 0. The third-order valence-electron chi connectivity index (χ3n) is 1.44. The zero-order valence-electron chi connectivity index (χ0n) is 8.14. The maximum absolute atomic E-state index is 10.3. The number of halogens is 2. The van der Waals surface area contributed by atoms with E-state index in [0.29, 0.717) is 32.3 Å². The lowest BCUT2D eigenvalue weighted by Crippen LogP contribution is -2.04. The van der Waals surface area contributed by atoms with Gasteiger partial charge in [0.1, 0.15) is 0 Å². The smallest absolute Gasteiger partial charge is 0.223 e. The van der Waals surface area contributed by atoms with Crippen LogP contribution in [0.1, 0.15) is 19.3 Å². The number of ether oxygens (including phenoxy) is 2. The zero-order valence-corrected chi connectivity index (χ0v) is 9.65. The van der Waals surface area contributed by atoms with Crippen molar-refractivity contribution in [1.29, 1.82) is 0 Å². The lowest BCUT2D eigenvalue weighted by atomic mass is 10.4. The number of carbonyl (C=O) groups is 1. The topological polar surface area (TPSA) is 35.5 Å². The second kappa shape index (κ2) is 11.2. The summed E-state index contributed by atoms with van der Waals surface area (Å²) in [4.78, 5) is 10.3. The van der Waals surface area contributed by atoms with Gasteiger partial charge in [-0.05, 0) is 24.4 Å². The third-order valence-corrected chi connectivity index (χ3v) is 1.90. The number of hydrogen-bond acceptors (Lipinski definition) is 3. The Kier molecular flexibility index (Phi) is 11.4. The van der Waals surface area contributed by atoms with E-state index in [9.17, 15) is 4.79 Å². The number of alkyl halides is 1. The Morgan fingerprint density at radius 1 is 1.00 bits per heavy atom. The summed E-state index contributed by atoms with van der Waals surface area (Å²) in [5.41, 5.74) is 0. The van der Waals surface area contributed by atoms with Crippen LogP contribution in [0.2, 0.25) is 0 Å². The second-order valence-electron chi connectivity index (χ2n) is 2.73. The first-order valence-electron chi connectivity index (χ1n) is 4.67. The number of carbonyl (C=O) groups excluding carboxylic acids is 1. The molecule has 0 unspecified atom stereocenters. The Balaban J connectivity index is 2.88. The fourth-order valence-corrected chi connectivity index (χ4v) is 0.962. The van der Waals surface area contributed by atoms with Crippen LogP contribution in [0.3, 0.4) is 0 Å². The van der Waals surface area contributed by atoms with E-state index in [1.165, 1.54) is 0 Å². The molecule has 0 aliphatic rings. The quantitative estimate of drug-likeness (QED) is 0.335. The van der Waals surface area contributed by atoms with Crippen molar-refractivity contribution in [3.63, 3.8) is 0 Å². The van der Waals surface area contributed by atoms with Crippen molar-refractivity contribution < 1.29 is 14.3 Å². The predicted octanol–water partition coefficient (Wildman–Crippen LogP) is 2.19. The van der Waals surface area contributed by atoms with Crippen molar-refractivity contribution in [2.75, 3.05) is 32.3 Å². The minimum atomic E-state index is -0.358. The van der Waals surface area contributed by atoms with E-state index < -0.39 is 0 Å². The second-order valence-corrected chi connectivity index (χ2v) is 3.53. The SMILES string of the molecule is O=C(Cl)CCOCCCOCCCCl. The molecule has 0 aromatic rings. The summed E-state index contributed by atoms with van der Waals surface area (Å²) in [5.74, 6) is 0.633. The molecule has 14 heavy (non-hydrogen) atoms. The molecule has 5 heteroatoms. The van der Waals surface area contributed by atoms with Gasteiger partial charge in [-0.3, -0.25) is 4.79 Å². The molecule has 0 rings (SSSR count). The van der Waals surface area contributed by atoms with Crippen molar-refractivity contribution in [3.8, 4) is 0 Å². The molecule has 0 spiro atoms. The summed E-state index contributed by atoms with van der Waals surface area (Å²) in [6.07, 6.45) is 1.98. The zero-order chi connectivity index (χ0) is 10.6. The normalized spacial score (nSPS) is 10.4. The molecule has 0 bridgehead atoms. The fourth-order valence-electron chi connectivity index (χ4n) is 0.776. The van der Waals surface area contributed by atoms with Crippen LogP contribution in [0.25, 0.3) is 0 Å². The van der Waals surface area contributed by atoms with Crippen molar-refractivity contribution in [2.45, 2.75) is 19.3 Å². The molecule has 0 fully saturated rings. The van der Waals surface area contributed by atoms with E-state index in [1.54, 1.807) is 0 Å². The van der Waals surface area contributed by atoms with Gasteiger partial charge in [0.05, 0.1) is 6.61 Å². The Labute approximate surface area is 94.7 Å². The van der Waals surface area contributed by atoms with Gasteiger partial charge < -0.3 is 9.47 Å². The van der Waals surface area contributed by atoms with Gasteiger partial charge in [0.25, 0.3) is 0 Å². The lowest BCUT2D eigenvalue weighted by Gasteiger charge is -2.03. The first-order valence-corrected chi connectivity index (χ1v) is 5.58. The average Bonchev–Trinajstić information content (AvgIpc) is 2.15. The molecule has 0 aromatic carbocycles. The van der Waals surface area contributed by atoms with E-state index >= 15 is 0 Å². The highest BCUT2D eigenvalue weighted by Gasteiger charge is 1.95. The van der Waals surface area contributed by atoms with Gasteiger partial charge >= 0.3 is 0 Å². The largest absolute Gasteiger partial charge is 0.381 e. The van der Waals surface area contributed by atoms with Gasteiger partial charge in [-0.1, -0.05) is 0 Å². The number of rotatable bonds is 10. The average molecular weight is 243 g/mol. The standard InChI is InChI=1S/C9H16Cl2O3/c10-4-1-5-13-6-2-7-14-8-3-9(11)12/h1-8H2. The first-order chi connectivity index (χ1) is 6.77. The Bertz CT molecular complexity index is 142. The Hall–Kier alpha value is 0.170. The van der Waals surface area contributed by atoms with Crippen LogP contribution in [0.4, 0.5) is 0 Å². The fraction of sp³-hybridized carbons (Fsp3) is 0.889. The highest BCUT2D eigenvalue weighted by Crippen LogP contribution is 1.92. The summed E-state index contributed by atoms with van der Waals surface area (Å²) >= 11 is 10.6. The molecule has 0 aliphatic carbocycles. The molecule has 0 heterocycles. The molecule has 0 radical (unpaired) electrons. The maximum atomic E-state index is 10.3. The molecule has 0 N–H and O–H groups in total. The Morgan fingerprint density at radius 2 is 1.57 bits per heavy atom. The van der Waals surface area contributed by atoms with Crippen LogP contribution in [0, 0.1) is 0 Å². The summed E-state index contributed by atoms with van der Waals surface area (Å²) in [7, 11) is 0. The Morgan fingerprint density at radius 3 is 2.14 bits per heavy atom. The van der Waals surface area contributed by atoms with Crippen LogP contribution in [-0.4, -0.2) is 37.5 Å². The molecule has 0 amide bonds. The van der Waals surface area contributed by atoms with Gasteiger partial charge in [0.15, 0.2) is 0 Å². The van der Waals surface area contributed by atoms with Gasteiger partial charge in [0, 0.05) is 32.1 Å². The molecule has 0 aliphatic heterocycles. The lowest BCUT2D eigenvalue weighted by molar-refractivity contribution is -0.112. The van der Waals surface area contributed by atoms with Crippen molar-refractivity contribution >= 4 is 28.4 Å². The molecule has 3 nitrogen and oxygen atoms in total. The maximum Gasteiger partial charge on any atom is 0.223 e. The van der Waals surface area contributed by atoms with Gasteiger partial charge in [-0.25, -0.2) is 0 Å². The molecule has 0 aromatic heterocycles. The van der Waals surface area contributed by atoms with Crippen LogP contribution < -0.4 is 0 Å². The summed E-state index contributed by atoms with van der Waals surface area (Å²) in [6, 6.07) is 0. The van der Waals surface area contributed by atoms with Crippen LogP contribution in [0.5, 0.6) is 0 Å². The summed E-state index contributed by atoms with van der Waals surface area (Å²) in [6.45, 7) is 2.37. The van der Waals surface area contributed by atoms with Crippen LogP contribution in [-0.2, 0) is 14.3 Å². The van der Waals surface area contributed by atoms with Crippen molar-refractivity contribution in [1.82, 2.24) is 0 Å². The monoisotopic (exact) mass is 242 g/mol. The summed E-state index contributed by atoms with van der Waals surface area (Å²) in [5, 5.41) is -0.358. The van der Waals surface area contributed by atoms with E-state index in [4.69, 9.17) is 32.7 Å². The minimum absolute atomic E-state index is 0.272. The van der Waals surface area contributed by atoms with Gasteiger partial charge in [0.2, 0.25) is 5.24 Å². The van der Waals surface area contributed by atoms with E-state index in [2.05, 4.69) is 0 Å². The van der Waals surface area contributed by atoms with Crippen LogP contribution >= 0.6 is 23.2 Å². The molecular formula is C9H16Cl2O3. The predicted molar refractivity (Wildman–Crippen MR) is 57.1 cm³/mol. The van der Waals surface area contributed by atoms with Crippen molar-refractivity contribution in [3.05, 3.63) is 0 Å². The molecule has 84 valence electrons. The minimum Gasteiger partial charge on any atom is -0.381 e. The highest BCUT2D eigenvalue weighted by molar-refractivity contribution is 6.63. The van der Waals surface area contributed by atoms with Gasteiger partial charge in [-0.15, -0.1) is 11.6 Å². The molecular weight excluding hydrogens is 227 g/mol. The molecule has 0 atom stereocenters. The van der Waals surface area contributed by atoms with E-state index in [-0.39, 0.29) is 11.7 Å². The van der Waals surface area contributed by atoms with Crippen molar-refractivity contribution in [2.24, 2.45) is 0 Å². The van der Waals surface area contributed by atoms with Crippen LogP contribution in [0.15, 0.2) is 0 Å². The van der Waals surface area contributed by atoms with E-state index in [0.717, 1.165) is 12.8 Å². The third kappa shape index (κ3) is 12.2. The summed E-state index contributed by atoms with van der Waals surface area (Å²) < 4.78 is 10.4. The molecule has 0 saturated heterocycles.